The van der Waals surface area contributed by atoms with Crippen molar-refractivity contribution in [3.8, 4) is 16.2 Å². The first-order valence-corrected chi connectivity index (χ1v) is 12.2. The topological polar surface area (TPSA) is 58.6 Å². The zero-order valence-corrected chi connectivity index (χ0v) is 18.7. The van der Waals surface area contributed by atoms with E-state index in [4.69, 9.17) is 4.74 Å². The third-order valence-corrected chi connectivity index (χ3v) is 8.09. The Balaban J connectivity index is 1.59. The molecule has 5 nitrogen and oxygen atoms in total. The molecule has 1 aromatic heterocycles. The van der Waals surface area contributed by atoms with Crippen LogP contribution in [0.4, 0.5) is 18.9 Å². The molecule has 0 radical (unpaired) electrons. The number of halogens is 3. The van der Waals surface area contributed by atoms with Crippen molar-refractivity contribution >= 4 is 27.0 Å². The fourth-order valence-corrected chi connectivity index (χ4v) is 5.88. The summed E-state index contributed by atoms with van der Waals surface area (Å²) >= 11 is 1.08. The van der Waals surface area contributed by atoms with E-state index in [-0.39, 0.29) is 15.6 Å². The summed E-state index contributed by atoms with van der Waals surface area (Å²) in [6, 6.07) is 15.5. The number of ether oxygens (including phenoxy) is 1. The van der Waals surface area contributed by atoms with Crippen molar-refractivity contribution in [3.63, 3.8) is 0 Å². The molecule has 0 amide bonds. The maximum atomic E-state index is 13.5. The zero-order chi connectivity index (χ0) is 22.9. The molecule has 0 bridgehead atoms. The molecule has 1 atom stereocenters. The van der Waals surface area contributed by atoms with Crippen LogP contribution in [-0.4, -0.2) is 39.6 Å². The van der Waals surface area contributed by atoms with Crippen LogP contribution in [0.1, 0.15) is 12.0 Å². The van der Waals surface area contributed by atoms with E-state index >= 15 is 0 Å². The summed E-state index contributed by atoms with van der Waals surface area (Å²) in [5, 5.41) is 0. The van der Waals surface area contributed by atoms with Gasteiger partial charge in [-0.1, -0.05) is 30.3 Å². The lowest BCUT2D eigenvalue weighted by atomic mass is 10.1. The van der Waals surface area contributed by atoms with Gasteiger partial charge in [0, 0.05) is 24.0 Å². The SMILES string of the molecule is CN1CCC(Oc2cc(NS(=O)(=O)c3ccc(-c4ccccc4)s3)ccc2C(F)(F)F)C1. The van der Waals surface area contributed by atoms with E-state index in [1.54, 1.807) is 6.07 Å². The number of thiophene rings is 1. The van der Waals surface area contributed by atoms with Gasteiger partial charge in [0.15, 0.2) is 0 Å². The smallest absolute Gasteiger partial charge is 0.419 e. The first-order chi connectivity index (χ1) is 15.1. The maximum Gasteiger partial charge on any atom is 0.419 e. The van der Waals surface area contributed by atoms with Crippen LogP contribution in [0.5, 0.6) is 5.75 Å². The number of anilines is 1. The molecule has 10 heteroatoms. The largest absolute Gasteiger partial charge is 0.488 e. The van der Waals surface area contributed by atoms with Gasteiger partial charge in [-0.3, -0.25) is 4.72 Å². The van der Waals surface area contributed by atoms with Gasteiger partial charge in [-0.05, 0) is 43.3 Å². The Morgan fingerprint density at radius 3 is 2.50 bits per heavy atom. The van der Waals surface area contributed by atoms with Crippen molar-refractivity contribution in [2.75, 3.05) is 24.9 Å². The van der Waals surface area contributed by atoms with Crippen molar-refractivity contribution in [3.05, 3.63) is 66.2 Å². The molecule has 0 aliphatic carbocycles. The van der Waals surface area contributed by atoms with Crippen molar-refractivity contribution in [1.82, 2.24) is 4.90 Å². The van der Waals surface area contributed by atoms with Crippen LogP contribution in [0.3, 0.4) is 0 Å². The van der Waals surface area contributed by atoms with Gasteiger partial charge in [0.1, 0.15) is 16.1 Å². The lowest BCUT2D eigenvalue weighted by Crippen LogP contribution is -2.23. The van der Waals surface area contributed by atoms with Gasteiger partial charge in [-0.25, -0.2) is 8.42 Å². The monoisotopic (exact) mass is 482 g/mol. The first kappa shape index (κ1) is 22.6. The number of nitrogens with zero attached hydrogens (tertiary/aromatic N) is 1. The average Bonchev–Trinajstić information content (AvgIpc) is 3.37. The Kier molecular flexibility index (Phi) is 6.19. The quantitative estimate of drug-likeness (QED) is 0.517. The van der Waals surface area contributed by atoms with Crippen LogP contribution >= 0.6 is 11.3 Å². The molecule has 1 aliphatic rings. The number of hydrogen-bond acceptors (Lipinski definition) is 5. The predicted molar refractivity (Wildman–Crippen MR) is 119 cm³/mol. The molecule has 1 aliphatic heterocycles. The Morgan fingerprint density at radius 2 is 1.84 bits per heavy atom. The fraction of sp³-hybridized carbons (Fsp3) is 0.273. The van der Waals surface area contributed by atoms with Crippen LogP contribution in [0, 0.1) is 0 Å². The van der Waals surface area contributed by atoms with E-state index in [2.05, 4.69) is 4.72 Å². The number of likely N-dealkylation sites (N-methyl/N-ethyl adjacent to an activating group) is 1. The van der Waals surface area contributed by atoms with Crippen molar-refractivity contribution < 1.29 is 26.3 Å². The van der Waals surface area contributed by atoms with Gasteiger partial charge in [0.2, 0.25) is 0 Å². The van der Waals surface area contributed by atoms with Crippen LogP contribution in [0.2, 0.25) is 0 Å². The second-order valence-electron chi connectivity index (χ2n) is 7.59. The minimum absolute atomic E-state index is 0.00835. The number of rotatable bonds is 6. The number of sulfonamides is 1. The third kappa shape index (κ3) is 5.08. The summed E-state index contributed by atoms with van der Waals surface area (Å²) in [7, 11) is -2.11. The van der Waals surface area contributed by atoms with Gasteiger partial charge < -0.3 is 9.64 Å². The fourth-order valence-electron chi connectivity index (χ4n) is 3.52. The summed E-state index contributed by atoms with van der Waals surface area (Å²) < 4.78 is 74.2. The van der Waals surface area contributed by atoms with Gasteiger partial charge in [-0.2, -0.15) is 13.2 Å². The highest BCUT2D eigenvalue weighted by Crippen LogP contribution is 2.39. The normalized spacial score (nSPS) is 17.4. The molecule has 2 aromatic carbocycles. The minimum atomic E-state index is -4.62. The molecule has 4 rings (SSSR count). The predicted octanol–water partition coefficient (Wildman–Crippen LogP) is 5.32. The number of likely N-dealkylation sites (tertiary alicyclic amines) is 1. The van der Waals surface area contributed by atoms with Gasteiger partial charge in [0.05, 0.1) is 11.3 Å². The summed E-state index contributed by atoms with van der Waals surface area (Å²) in [5.74, 6) is -0.380. The molecule has 3 aromatic rings. The van der Waals surface area contributed by atoms with E-state index in [1.807, 2.05) is 42.3 Å². The molecule has 1 fully saturated rings. The van der Waals surface area contributed by atoms with Crippen molar-refractivity contribution in [2.45, 2.75) is 22.9 Å². The molecule has 0 saturated carbocycles. The minimum Gasteiger partial charge on any atom is -0.488 e. The van der Waals surface area contributed by atoms with Crippen LogP contribution in [-0.2, 0) is 16.2 Å². The zero-order valence-electron chi connectivity index (χ0n) is 17.1. The molecule has 2 heterocycles. The third-order valence-electron chi connectivity index (χ3n) is 5.09. The van der Waals surface area contributed by atoms with Gasteiger partial charge in [0.25, 0.3) is 10.0 Å². The van der Waals surface area contributed by atoms with E-state index in [9.17, 15) is 21.6 Å². The van der Waals surface area contributed by atoms with E-state index in [0.717, 1.165) is 46.5 Å². The number of nitrogens with one attached hydrogen (secondary N) is 1. The van der Waals surface area contributed by atoms with Crippen molar-refractivity contribution in [1.29, 1.82) is 0 Å². The summed E-state index contributed by atoms with van der Waals surface area (Å²) in [6.07, 6.45) is -4.41. The van der Waals surface area contributed by atoms with E-state index in [0.29, 0.717) is 13.0 Å². The van der Waals surface area contributed by atoms with Crippen LogP contribution in [0.25, 0.3) is 10.4 Å². The van der Waals surface area contributed by atoms with Crippen LogP contribution in [0.15, 0.2) is 64.9 Å². The molecule has 1 N–H and O–H groups in total. The highest BCUT2D eigenvalue weighted by Gasteiger charge is 2.36. The lowest BCUT2D eigenvalue weighted by Gasteiger charge is -2.19. The Labute approximate surface area is 188 Å². The molecule has 32 heavy (non-hydrogen) atoms. The highest BCUT2D eigenvalue weighted by molar-refractivity contribution is 7.94. The summed E-state index contributed by atoms with van der Waals surface area (Å²) in [6.45, 7) is 1.23. The van der Waals surface area contributed by atoms with Gasteiger partial charge in [-0.15, -0.1) is 11.3 Å². The van der Waals surface area contributed by atoms with Gasteiger partial charge >= 0.3 is 6.18 Å². The maximum absolute atomic E-state index is 13.5. The summed E-state index contributed by atoms with van der Waals surface area (Å²) in [4.78, 5) is 2.73. The molecular formula is C22H21F3N2O3S2. The second-order valence-corrected chi connectivity index (χ2v) is 10.6. The first-order valence-electron chi connectivity index (χ1n) is 9.86. The Bertz CT molecular complexity index is 1190. The van der Waals surface area contributed by atoms with Crippen LogP contribution < -0.4 is 9.46 Å². The number of alkyl halides is 3. The number of benzene rings is 2. The molecule has 1 unspecified atom stereocenters. The summed E-state index contributed by atoms with van der Waals surface area (Å²) in [5.41, 5.74) is -0.0443. The standard InChI is InChI=1S/C22H21F3N2O3S2/c1-27-12-11-17(14-27)30-19-13-16(7-8-18(19)22(23,24)25)26-32(28,29)21-10-9-20(31-21)15-5-3-2-4-6-15/h2-10,13,17,26H,11-12,14H2,1H3. The van der Waals surface area contributed by atoms with E-state index < -0.39 is 27.9 Å². The molecule has 170 valence electrons. The Hall–Kier alpha value is -2.56. The Morgan fingerprint density at radius 1 is 1.09 bits per heavy atom. The lowest BCUT2D eigenvalue weighted by molar-refractivity contribution is -0.139. The second kappa shape index (κ2) is 8.76. The highest BCUT2D eigenvalue weighted by atomic mass is 32.2. The average molecular weight is 483 g/mol. The number of hydrogen-bond donors (Lipinski definition) is 1. The molecule has 0 spiro atoms. The molecule has 1 saturated heterocycles. The van der Waals surface area contributed by atoms with Crippen molar-refractivity contribution in [2.24, 2.45) is 0 Å². The molecular weight excluding hydrogens is 461 g/mol. The van der Waals surface area contributed by atoms with E-state index in [1.165, 1.54) is 6.07 Å².